The van der Waals surface area contributed by atoms with Crippen molar-refractivity contribution in [3.05, 3.63) is 29.3 Å². The van der Waals surface area contributed by atoms with Crippen LogP contribution in [0.4, 0.5) is 0 Å². The van der Waals surface area contributed by atoms with Crippen LogP contribution in [0.15, 0.2) is 18.2 Å². The van der Waals surface area contributed by atoms with E-state index in [1.54, 1.807) is 0 Å². The molecule has 0 radical (unpaired) electrons. The van der Waals surface area contributed by atoms with Crippen LogP contribution in [0.1, 0.15) is 24.5 Å². The lowest BCUT2D eigenvalue weighted by molar-refractivity contribution is 0.274. The maximum Gasteiger partial charge on any atom is 0.119 e. The zero-order valence-electron chi connectivity index (χ0n) is 9.13. The number of hydrogen-bond acceptors (Lipinski definition) is 1. The molecule has 1 nitrogen and oxygen atoms in total. The molecule has 0 heterocycles. The Morgan fingerprint density at radius 3 is 2.93 bits per heavy atom. The third kappa shape index (κ3) is 2.75. The lowest BCUT2D eigenvalue weighted by Gasteiger charge is -2.11. The van der Waals surface area contributed by atoms with Crippen molar-refractivity contribution in [2.75, 3.05) is 11.9 Å². The van der Waals surface area contributed by atoms with Gasteiger partial charge in [-0.3, -0.25) is 0 Å². The van der Waals surface area contributed by atoms with Crippen molar-refractivity contribution >= 4 is 15.9 Å². The van der Waals surface area contributed by atoms with Gasteiger partial charge in [-0.05, 0) is 48.4 Å². The predicted molar refractivity (Wildman–Crippen MR) is 66.9 cm³/mol. The smallest absolute Gasteiger partial charge is 0.119 e. The Morgan fingerprint density at radius 2 is 2.13 bits per heavy atom. The Hall–Kier alpha value is -0.500. The first-order valence-corrected chi connectivity index (χ1v) is 6.72. The van der Waals surface area contributed by atoms with E-state index in [4.69, 9.17) is 4.74 Å². The van der Waals surface area contributed by atoms with Crippen molar-refractivity contribution in [3.8, 4) is 5.75 Å². The molecule has 2 rings (SSSR count). The van der Waals surface area contributed by atoms with Gasteiger partial charge in [0.05, 0.1) is 6.61 Å². The number of halogens is 1. The van der Waals surface area contributed by atoms with E-state index in [1.807, 2.05) is 0 Å². The van der Waals surface area contributed by atoms with E-state index in [2.05, 4.69) is 41.1 Å². The molecule has 1 aliphatic rings. The van der Waals surface area contributed by atoms with Crippen molar-refractivity contribution in [2.24, 2.45) is 5.92 Å². The van der Waals surface area contributed by atoms with Gasteiger partial charge in [0.15, 0.2) is 0 Å². The van der Waals surface area contributed by atoms with E-state index in [9.17, 15) is 0 Å². The molecule has 1 aliphatic carbocycles. The molecule has 1 aromatic carbocycles. The molecule has 0 amide bonds. The lowest BCUT2D eigenvalue weighted by Crippen LogP contribution is -2.09. The fraction of sp³-hybridized carbons (Fsp3) is 0.538. The standard InChI is InChI=1S/C13H17BrO/c1-10(8-14)9-15-13-6-5-11-3-2-4-12(11)7-13/h5-7,10H,2-4,8-9H2,1H3. The molecule has 2 heteroatoms. The van der Waals surface area contributed by atoms with Gasteiger partial charge in [0.1, 0.15) is 5.75 Å². The largest absolute Gasteiger partial charge is 0.493 e. The first kappa shape index (κ1) is 11.0. The fourth-order valence-corrected chi connectivity index (χ4v) is 2.11. The number of rotatable bonds is 4. The van der Waals surface area contributed by atoms with Gasteiger partial charge in [-0.2, -0.15) is 0 Å². The van der Waals surface area contributed by atoms with Crippen LogP contribution >= 0.6 is 15.9 Å². The lowest BCUT2D eigenvalue weighted by atomic mass is 10.1. The van der Waals surface area contributed by atoms with Crippen LogP contribution in [-0.4, -0.2) is 11.9 Å². The number of aryl methyl sites for hydroxylation is 2. The highest BCUT2D eigenvalue weighted by atomic mass is 79.9. The second-order valence-corrected chi connectivity index (χ2v) is 5.00. The van der Waals surface area contributed by atoms with Crippen LogP contribution < -0.4 is 4.74 Å². The molecule has 0 fully saturated rings. The van der Waals surface area contributed by atoms with Gasteiger partial charge in [0.25, 0.3) is 0 Å². The molecule has 0 spiro atoms. The summed E-state index contributed by atoms with van der Waals surface area (Å²) in [5, 5.41) is 0.998. The van der Waals surface area contributed by atoms with E-state index < -0.39 is 0 Å². The molecular formula is C13H17BrO. The van der Waals surface area contributed by atoms with Gasteiger partial charge in [-0.1, -0.05) is 28.9 Å². The highest BCUT2D eigenvalue weighted by Crippen LogP contribution is 2.26. The molecule has 0 N–H and O–H groups in total. The number of alkyl halides is 1. The number of ether oxygens (including phenoxy) is 1. The normalized spacial score (nSPS) is 16.1. The number of benzene rings is 1. The van der Waals surface area contributed by atoms with Crippen molar-refractivity contribution in [1.29, 1.82) is 0 Å². The fourth-order valence-electron chi connectivity index (χ4n) is 1.92. The SMILES string of the molecule is CC(CBr)COc1ccc2c(c1)CCC2. The molecule has 82 valence electrons. The van der Waals surface area contributed by atoms with Gasteiger partial charge in [0, 0.05) is 5.33 Å². The van der Waals surface area contributed by atoms with Crippen molar-refractivity contribution in [3.63, 3.8) is 0 Å². The summed E-state index contributed by atoms with van der Waals surface area (Å²) in [6.07, 6.45) is 3.77. The summed E-state index contributed by atoms with van der Waals surface area (Å²) in [5.41, 5.74) is 3.00. The topological polar surface area (TPSA) is 9.23 Å². The van der Waals surface area contributed by atoms with Gasteiger partial charge in [-0.25, -0.2) is 0 Å². The average molecular weight is 269 g/mol. The summed E-state index contributed by atoms with van der Waals surface area (Å²) < 4.78 is 5.75. The summed E-state index contributed by atoms with van der Waals surface area (Å²) >= 11 is 3.46. The van der Waals surface area contributed by atoms with E-state index in [0.29, 0.717) is 5.92 Å². The molecule has 1 aromatic rings. The van der Waals surface area contributed by atoms with Crippen LogP contribution in [0.3, 0.4) is 0 Å². The van der Waals surface area contributed by atoms with Crippen molar-refractivity contribution < 1.29 is 4.74 Å². The highest BCUT2D eigenvalue weighted by Gasteiger charge is 2.11. The predicted octanol–water partition coefficient (Wildman–Crippen LogP) is 3.59. The summed E-state index contributed by atoms with van der Waals surface area (Å²) in [7, 11) is 0. The second-order valence-electron chi connectivity index (χ2n) is 4.35. The quantitative estimate of drug-likeness (QED) is 0.759. The molecule has 1 unspecified atom stereocenters. The van der Waals surface area contributed by atoms with Crippen LogP contribution in [0.25, 0.3) is 0 Å². The minimum Gasteiger partial charge on any atom is -0.493 e. The molecule has 0 aromatic heterocycles. The number of fused-ring (bicyclic) bond motifs is 1. The van der Waals surface area contributed by atoms with E-state index in [0.717, 1.165) is 17.7 Å². The molecule has 0 saturated heterocycles. The van der Waals surface area contributed by atoms with E-state index >= 15 is 0 Å². The Labute approximate surface area is 100.0 Å². The maximum absolute atomic E-state index is 5.75. The third-order valence-corrected chi connectivity index (χ3v) is 3.97. The monoisotopic (exact) mass is 268 g/mol. The first-order valence-electron chi connectivity index (χ1n) is 5.60. The van der Waals surface area contributed by atoms with Gasteiger partial charge in [-0.15, -0.1) is 0 Å². The highest BCUT2D eigenvalue weighted by molar-refractivity contribution is 9.09. The molecule has 15 heavy (non-hydrogen) atoms. The second kappa shape index (κ2) is 5.02. The Bertz CT molecular complexity index is 335. The van der Waals surface area contributed by atoms with Gasteiger partial charge in [0.2, 0.25) is 0 Å². The molecule has 0 bridgehead atoms. The molecule has 0 aliphatic heterocycles. The zero-order chi connectivity index (χ0) is 10.7. The minimum atomic E-state index is 0.568. The van der Waals surface area contributed by atoms with Crippen molar-refractivity contribution in [1.82, 2.24) is 0 Å². The van der Waals surface area contributed by atoms with Gasteiger partial charge >= 0.3 is 0 Å². The Balaban J connectivity index is 1.98. The van der Waals surface area contributed by atoms with E-state index in [1.165, 1.54) is 30.4 Å². The minimum absolute atomic E-state index is 0.568. The summed E-state index contributed by atoms with van der Waals surface area (Å²) in [6.45, 7) is 2.98. The van der Waals surface area contributed by atoms with Crippen LogP contribution in [0.5, 0.6) is 5.75 Å². The van der Waals surface area contributed by atoms with Gasteiger partial charge < -0.3 is 4.74 Å². The summed E-state index contributed by atoms with van der Waals surface area (Å²) in [5.74, 6) is 1.60. The Kier molecular flexibility index (Phi) is 3.68. The molecular weight excluding hydrogens is 252 g/mol. The summed E-state index contributed by atoms with van der Waals surface area (Å²) in [6, 6.07) is 6.53. The van der Waals surface area contributed by atoms with Crippen LogP contribution in [0, 0.1) is 5.92 Å². The van der Waals surface area contributed by atoms with Crippen LogP contribution in [0.2, 0.25) is 0 Å². The zero-order valence-corrected chi connectivity index (χ0v) is 10.7. The van der Waals surface area contributed by atoms with Crippen LogP contribution in [-0.2, 0) is 12.8 Å². The Morgan fingerprint density at radius 1 is 1.33 bits per heavy atom. The first-order chi connectivity index (χ1) is 7.29. The molecule has 1 atom stereocenters. The number of hydrogen-bond donors (Lipinski definition) is 0. The van der Waals surface area contributed by atoms with E-state index in [-0.39, 0.29) is 0 Å². The maximum atomic E-state index is 5.75. The summed E-state index contributed by atoms with van der Waals surface area (Å²) in [4.78, 5) is 0. The third-order valence-electron chi connectivity index (χ3n) is 2.87. The van der Waals surface area contributed by atoms with Crippen molar-refractivity contribution in [2.45, 2.75) is 26.2 Å². The average Bonchev–Trinajstić information content (AvgIpc) is 2.72. The molecule has 0 saturated carbocycles.